The summed E-state index contributed by atoms with van der Waals surface area (Å²) < 4.78 is 24.0. The Kier molecular flexibility index (Phi) is 3.45. The highest BCUT2D eigenvalue weighted by molar-refractivity contribution is 7.90. The van der Waals surface area contributed by atoms with Crippen LogP contribution in [0.2, 0.25) is 5.02 Å². The van der Waals surface area contributed by atoms with E-state index in [1.54, 1.807) is 24.3 Å². The number of nitrogens with zero attached hydrogens (tertiary/aromatic N) is 1. The lowest BCUT2D eigenvalue weighted by Gasteiger charge is -2.03. The van der Waals surface area contributed by atoms with E-state index in [1.807, 2.05) is 6.07 Å². The molecule has 88 valence electrons. The summed E-state index contributed by atoms with van der Waals surface area (Å²) in [6, 6.07) is 11.9. The van der Waals surface area contributed by atoms with Crippen molar-refractivity contribution in [3.8, 4) is 0 Å². The zero-order chi connectivity index (χ0) is 12.3. The van der Waals surface area contributed by atoms with Crippen LogP contribution in [0.25, 0.3) is 0 Å². The van der Waals surface area contributed by atoms with Gasteiger partial charge in [0.1, 0.15) is 0 Å². The van der Waals surface area contributed by atoms with Crippen molar-refractivity contribution in [2.24, 2.45) is 0 Å². The second-order valence-corrected chi connectivity index (χ2v) is 5.93. The Labute approximate surface area is 105 Å². The zero-order valence-corrected chi connectivity index (χ0v) is 10.4. The first kappa shape index (κ1) is 12.1. The number of aromatic nitrogens is 1. The Bertz CT molecular complexity index is 594. The molecule has 0 N–H and O–H groups in total. The molecule has 0 fully saturated rings. The molecule has 0 aliphatic rings. The maximum atomic E-state index is 12.0. The third-order valence-electron chi connectivity index (χ3n) is 2.22. The van der Waals surface area contributed by atoms with Crippen LogP contribution >= 0.6 is 11.6 Å². The maximum absolute atomic E-state index is 12.0. The Morgan fingerprint density at radius 1 is 1.06 bits per heavy atom. The molecule has 1 aromatic heterocycles. The molecule has 0 aliphatic heterocycles. The van der Waals surface area contributed by atoms with Gasteiger partial charge < -0.3 is 0 Å². The van der Waals surface area contributed by atoms with Crippen LogP contribution in [-0.4, -0.2) is 13.4 Å². The first-order valence-electron chi connectivity index (χ1n) is 4.96. The van der Waals surface area contributed by atoms with Crippen LogP contribution in [0.5, 0.6) is 0 Å². The fraction of sp³-hybridized carbons (Fsp3) is 0.0833. The molecular weight excluding hydrogens is 258 g/mol. The summed E-state index contributed by atoms with van der Waals surface area (Å²) >= 11 is 5.66. The van der Waals surface area contributed by atoms with Gasteiger partial charge in [-0.1, -0.05) is 41.9 Å². The highest BCUT2D eigenvalue weighted by atomic mass is 35.5. The first-order chi connectivity index (χ1) is 8.08. The number of rotatable bonds is 3. The number of halogens is 1. The van der Waals surface area contributed by atoms with Gasteiger partial charge in [0.2, 0.25) is 0 Å². The molecule has 17 heavy (non-hydrogen) atoms. The summed E-state index contributed by atoms with van der Waals surface area (Å²) in [6.07, 6.45) is 1.33. The molecule has 0 radical (unpaired) electrons. The molecule has 0 amide bonds. The van der Waals surface area contributed by atoms with Crippen molar-refractivity contribution >= 4 is 21.4 Å². The normalized spacial score (nSPS) is 11.4. The summed E-state index contributed by atoms with van der Waals surface area (Å²) in [4.78, 5) is 3.83. The molecule has 0 atom stereocenters. The smallest absolute Gasteiger partial charge is 0.199 e. The minimum absolute atomic E-state index is 0.0470. The van der Waals surface area contributed by atoms with E-state index in [9.17, 15) is 8.42 Å². The third kappa shape index (κ3) is 3.05. The summed E-state index contributed by atoms with van der Waals surface area (Å²) in [6.45, 7) is 0. The van der Waals surface area contributed by atoms with Crippen molar-refractivity contribution in [1.29, 1.82) is 0 Å². The van der Waals surface area contributed by atoms with Crippen LogP contribution < -0.4 is 0 Å². The van der Waals surface area contributed by atoms with Gasteiger partial charge in [-0.3, -0.25) is 0 Å². The van der Waals surface area contributed by atoms with Crippen molar-refractivity contribution in [2.75, 3.05) is 0 Å². The van der Waals surface area contributed by atoms with E-state index in [-0.39, 0.29) is 10.8 Å². The van der Waals surface area contributed by atoms with E-state index in [0.717, 1.165) is 5.56 Å². The number of hydrogen-bond donors (Lipinski definition) is 0. The number of pyridine rings is 1. The van der Waals surface area contributed by atoms with E-state index < -0.39 is 9.84 Å². The van der Waals surface area contributed by atoms with Gasteiger partial charge in [-0.25, -0.2) is 13.4 Å². The van der Waals surface area contributed by atoms with E-state index in [2.05, 4.69) is 4.98 Å². The average molecular weight is 268 g/mol. The van der Waals surface area contributed by atoms with Crippen LogP contribution in [0.15, 0.2) is 53.7 Å². The average Bonchev–Trinajstić information content (AvgIpc) is 2.30. The van der Waals surface area contributed by atoms with E-state index in [0.29, 0.717) is 5.02 Å². The molecule has 0 spiro atoms. The van der Waals surface area contributed by atoms with Gasteiger partial charge in [0.05, 0.1) is 10.8 Å². The largest absolute Gasteiger partial charge is 0.243 e. The molecule has 5 heteroatoms. The molecule has 0 bridgehead atoms. The van der Waals surface area contributed by atoms with Crippen LogP contribution in [0.1, 0.15) is 5.56 Å². The Balaban J connectivity index is 2.29. The second-order valence-electron chi connectivity index (χ2n) is 3.56. The van der Waals surface area contributed by atoms with Gasteiger partial charge in [-0.15, -0.1) is 0 Å². The molecule has 0 saturated heterocycles. The molecule has 2 rings (SSSR count). The van der Waals surface area contributed by atoms with Crippen molar-refractivity contribution < 1.29 is 8.42 Å². The second kappa shape index (κ2) is 4.85. The Morgan fingerprint density at radius 2 is 1.76 bits per heavy atom. The van der Waals surface area contributed by atoms with E-state index in [1.165, 1.54) is 18.3 Å². The molecular formula is C12H10ClNO2S. The minimum atomic E-state index is -3.40. The Hall–Kier alpha value is -1.39. The van der Waals surface area contributed by atoms with Gasteiger partial charge in [-0.05, 0) is 17.7 Å². The monoisotopic (exact) mass is 267 g/mol. The van der Waals surface area contributed by atoms with Gasteiger partial charge in [0.15, 0.2) is 14.9 Å². The predicted molar refractivity (Wildman–Crippen MR) is 66.6 cm³/mol. The van der Waals surface area contributed by atoms with Gasteiger partial charge in [0, 0.05) is 6.20 Å². The highest BCUT2D eigenvalue weighted by Gasteiger charge is 2.16. The molecule has 1 heterocycles. The summed E-state index contributed by atoms with van der Waals surface area (Å²) in [5.41, 5.74) is 0.740. The van der Waals surface area contributed by atoms with Crippen LogP contribution in [0.3, 0.4) is 0 Å². The van der Waals surface area contributed by atoms with Gasteiger partial charge >= 0.3 is 0 Å². The summed E-state index contributed by atoms with van der Waals surface area (Å²) in [7, 11) is -3.40. The topological polar surface area (TPSA) is 47.0 Å². The number of sulfone groups is 1. The van der Waals surface area contributed by atoms with Crippen molar-refractivity contribution in [2.45, 2.75) is 10.8 Å². The summed E-state index contributed by atoms with van der Waals surface area (Å²) in [5, 5.41) is 0.467. The standard InChI is InChI=1S/C12H10ClNO2S/c13-11-6-7-12(14-8-11)17(15,16)9-10-4-2-1-3-5-10/h1-8H,9H2. The molecule has 1 aromatic carbocycles. The quantitative estimate of drug-likeness (QED) is 0.859. The van der Waals surface area contributed by atoms with Crippen LogP contribution in [0, 0.1) is 0 Å². The van der Waals surface area contributed by atoms with Crippen LogP contribution in [-0.2, 0) is 15.6 Å². The minimum Gasteiger partial charge on any atom is -0.243 e. The van der Waals surface area contributed by atoms with Gasteiger partial charge in [0.25, 0.3) is 0 Å². The highest BCUT2D eigenvalue weighted by Crippen LogP contribution is 2.15. The molecule has 3 nitrogen and oxygen atoms in total. The van der Waals surface area contributed by atoms with Crippen LogP contribution in [0.4, 0.5) is 0 Å². The maximum Gasteiger partial charge on any atom is 0.199 e. The molecule has 2 aromatic rings. The lowest BCUT2D eigenvalue weighted by atomic mass is 10.2. The third-order valence-corrected chi connectivity index (χ3v) is 4.03. The predicted octanol–water partition coefficient (Wildman–Crippen LogP) is 2.71. The van der Waals surface area contributed by atoms with Gasteiger partial charge in [-0.2, -0.15) is 0 Å². The Morgan fingerprint density at radius 3 is 2.35 bits per heavy atom. The van der Waals surface area contributed by atoms with Crippen molar-refractivity contribution in [1.82, 2.24) is 4.98 Å². The summed E-state index contributed by atoms with van der Waals surface area (Å²) in [5.74, 6) is -0.0531. The molecule has 0 saturated carbocycles. The van der Waals surface area contributed by atoms with Crippen molar-refractivity contribution in [3.63, 3.8) is 0 Å². The number of benzene rings is 1. The number of hydrogen-bond acceptors (Lipinski definition) is 3. The first-order valence-corrected chi connectivity index (χ1v) is 6.99. The SMILES string of the molecule is O=S(=O)(Cc1ccccc1)c1ccc(Cl)cn1. The van der Waals surface area contributed by atoms with E-state index in [4.69, 9.17) is 11.6 Å². The van der Waals surface area contributed by atoms with Crippen molar-refractivity contribution in [3.05, 3.63) is 59.2 Å². The zero-order valence-electron chi connectivity index (χ0n) is 8.88. The lowest BCUT2D eigenvalue weighted by molar-refractivity contribution is 0.591. The fourth-order valence-corrected chi connectivity index (χ4v) is 2.79. The van der Waals surface area contributed by atoms with E-state index >= 15 is 0 Å². The molecule has 0 unspecified atom stereocenters. The lowest BCUT2D eigenvalue weighted by Crippen LogP contribution is -2.06. The molecule has 0 aliphatic carbocycles. The fourth-order valence-electron chi connectivity index (χ4n) is 1.41.